The highest BCUT2D eigenvalue weighted by atomic mass is 32.1. The number of rotatable bonds is 2. The molecule has 4 fully saturated rings. The summed E-state index contributed by atoms with van der Waals surface area (Å²) in [5.74, 6) is 1.01. The van der Waals surface area contributed by atoms with Gasteiger partial charge in [0.05, 0.1) is 5.01 Å². The number of amides is 1. The van der Waals surface area contributed by atoms with Gasteiger partial charge in [0, 0.05) is 43.6 Å². The van der Waals surface area contributed by atoms with Gasteiger partial charge in [0.1, 0.15) is 5.69 Å². The number of hydrogen-bond donors (Lipinski definition) is 0. The first kappa shape index (κ1) is 15.5. The summed E-state index contributed by atoms with van der Waals surface area (Å²) in [7, 11) is 0. The lowest BCUT2D eigenvalue weighted by atomic mass is 9.83. The first-order chi connectivity index (χ1) is 11.1. The van der Waals surface area contributed by atoms with Gasteiger partial charge >= 0.3 is 0 Å². The molecule has 0 radical (unpaired) electrons. The zero-order chi connectivity index (χ0) is 16.0. The van der Waals surface area contributed by atoms with Crippen molar-refractivity contribution in [3.63, 3.8) is 0 Å². The van der Waals surface area contributed by atoms with Crippen molar-refractivity contribution in [3.8, 4) is 0 Å². The molecule has 0 spiro atoms. The molecular formula is C17H26N4OS. The summed E-state index contributed by atoms with van der Waals surface area (Å²) in [5, 5.41) is 0.983. The van der Waals surface area contributed by atoms with Crippen LogP contribution in [0.1, 0.15) is 33.2 Å². The third-order valence-electron chi connectivity index (χ3n) is 5.80. The molecule has 126 valence electrons. The van der Waals surface area contributed by atoms with E-state index in [9.17, 15) is 4.79 Å². The largest absolute Gasteiger partial charge is 0.335 e. The van der Waals surface area contributed by atoms with E-state index in [1.807, 2.05) is 18.7 Å². The van der Waals surface area contributed by atoms with Crippen molar-refractivity contribution in [1.82, 2.24) is 19.7 Å². The van der Waals surface area contributed by atoms with E-state index in [1.54, 1.807) is 11.3 Å². The third kappa shape index (κ3) is 2.92. The van der Waals surface area contributed by atoms with Crippen LogP contribution in [0, 0.1) is 19.8 Å². The van der Waals surface area contributed by atoms with Crippen LogP contribution >= 0.6 is 11.3 Å². The Hall–Kier alpha value is -0.980. The van der Waals surface area contributed by atoms with Crippen LogP contribution < -0.4 is 0 Å². The topological polar surface area (TPSA) is 39.7 Å². The van der Waals surface area contributed by atoms with E-state index in [0.717, 1.165) is 48.0 Å². The number of thiazole rings is 1. The van der Waals surface area contributed by atoms with Crippen LogP contribution in [0.15, 0.2) is 0 Å². The number of carbonyl (C=O) groups is 1. The molecule has 1 aromatic rings. The van der Waals surface area contributed by atoms with Gasteiger partial charge in [0.25, 0.3) is 5.91 Å². The van der Waals surface area contributed by atoms with Crippen molar-refractivity contribution in [3.05, 3.63) is 15.6 Å². The maximum absolute atomic E-state index is 12.7. The normalized spacial score (nSPS) is 31.6. The fourth-order valence-electron chi connectivity index (χ4n) is 4.48. The molecule has 5 heterocycles. The predicted molar refractivity (Wildman–Crippen MR) is 92.0 cm³/mol. The van der Waals surface area contributed by atoms with Crippen molar-refractivity contribution in [2.75, 3.05) is 45.8 Å². The maximum Gasteiger partial charge on any atom is 0.273 e. The molecule has 5 rings (SSSR count). The minimum Gasteiger partial charge on any atom is -0.335 e. The van der Waals surface area contributed by atoms with Gasteiger partial charge in [-0.25, -0.2) is 4.98 Å². The van der Waals surface area contributed by atoms with E-state index in [1.165, 1.54) is 32.5 Å². The molecule has 1 amide bonds. The smallest absolute Gasteiger partial charge is 0.273 e. The highest BCUT2D eigenvalue weighted by molar-refractivity contribution is 7.11. The average molecular weight is 334 g/mol. The Bertz CT molecular complexity index is 585. The van der Waals surface area contributed by atoms with E-state index >= 15 is 0 Å². The summed E-state index contributed by atoms with van der Waals surface area (Å²) in [6, 6.07) is 0.720. The van der Waals surface area contributed by atoms with Crippen LogP contribution in [0.4, 0.5) is 0 Å². The molecule has 4 aliphatic heterocycles. The van der Waals surface area contributed by atoms with Crippen molar-refractivity contribution in [2.24, 2.45) is 5.92 Å². The third-order valence-corrected chi connectivity index (χ3v) is 6.68. The first-order valence-corrected chi connectivity index (χ1v) is 9.63. The van der Waals surface area contributed by atoms with Crippen LogP contribution in [0.25, 0.3) is 0 Å². The summed E-state index contributed by atoms with van der Waals surface area (Å²) in [4.78, 5) is 25.4. The number of piperazine rings is 1. The van der Waals surface area contributed by atoms with Crippen LogP contribution in [-0.2, 0) is 0 Å². The molecule has 0 aromatic carbocycles. The lowest BCUT2D eigenvalue weighted by molar-refractivity contribution is -0.0131. The summed E-state index contributed by atoms with van der Waals surface area (Å²) in [6.45, 7) is 11.5. The molecular weight excluding hydrogens is 308 g/mol. The van der Waals surface area contributed by atoms with E-state index < -0.39 is 0 Å². The quantitative estimate of drug-likeness (QED) is 0.824. The fraction of sp³-hybridized carbons (Fsp3) is 0.765. The minimum atomic E-state index is 0.125. The molecule has 5 nitrogen and oxygen atoms in total. The Morgan fingerprint density at radius 1 is 1.09 bits per heavy atom. The van der Waals surface area contributed by atoms with E-state index in [2.05, 4.69) is 14.8 Å². The fourth-order valence-corrected chi connectivity index (χ4v) is 5.29. The number of carbonyl (C=O) groups excluding carboxylic acids is 1. The molecule has 0 N–H and O–H groups in total. The number of hydrogen-bond acceptors (Lipinski definition) is 5. The monoisotopic (exact) mass is 334 g/mol. The standard InChI is InChI=1S/C17H26N4OS/c1-12-16(18-13(2)23-12)17(22)21-9-7-20(8-10-21)15-11-19-5-3-14(15)4-6-19/h14-15H,3-11H2,1-2H3/t15-/m1/s1. The summed E-state index contributed by atoms with van der Waals surface area (Å²) in [5.41, 5.74) is 0.670. The van der Waals surface area contributed by atoms with E-state index in [-0.39, 0.29) is 5.91 Å². The molecule has 6 heteroatoms. The van der Waals surface area contributed by atoms with Gasteiger partial charge < -0.3 is 9.80 Å². The highest BCUT2D eigenvalue weighted by Gasteiger charge is 2.38. The van der Waals surface area contributed by atoms with Gasteiger partial charge in [-0.1, -0.05) is 0 Å². The van der Waals surface area contributed by atoms with Crippen molar-refractivity contribution in [1.29, 1.82) is 0 Å². The Morgan fingerprint density at radius 3 is 2.30 bits per heavy atom. The number of fused-ring (bicyclic) bond motifs is 3. The Morgan fingerprint density at radius 2 is 1.78 bits per heavy atom. The molecule has 1 aromatic heterocycles. The maximum atomic E-state index is 12.7. The van der Waals surface area contributed by atoms with Crippen molar-refractivity contribution in [2.45, 2.75) is 32.7 Å². The number of aryl methyl sites for hydroxylation is 2. The second-order valence-electron chi connectivity index (χ2n) is 7.17. The number of aromatic nitrogens is 1. The van der Waals surface area contributed by atoms with Gasteiger partial charge in [-0.15, -0.1) is 11.3 Å². The predicted octanol–water partition coefficient (Wildman–Crippen LogP) is 1.61. The molecule has 4 saturated heterocycles. The zero-order valence-corrected chi connectivity index (χ0v) is 14.9. The molecule has 2 bridgehead atoms. The Balaban J connectivity index is 1.37. The minimum absolute atomic E-state index is 0.125. The van der Waals surface area contributed by atoms with Crippen molar-refractivity contribution >= 4 is 17.2 Å². The van der Waals surface area contributed by atoms with E-state index in [0.29, 0.717) is 5.69 Å². The van der Waals surface area contributed by atoms with Gasteiger partial charge in [-0.05, 0) is 45.7 Å². The SMILES string of the molecule is Cc1nc(C(=O)N2CCN([C@@H]3CN4CCC3CC4)CC2)c(C)s1. The van der Waals surface area contributed by atoms with Crippen LogP contribution in [-0.4, -0.2) is 77.4 Å². The number of nitrogens with zero attached hydrogens (tertiary/aromatic N) is 4. The van der Waals surface area contributed by atoms with Crippen LogP contribution in [0.3, 0.4) is 0 Å². The first-order valence-electron chi connectivity index (χ1n) is 8.81. The lowest BCUT2D eigenvalue weighted by Crippen LogP contribution is -2.61. The van der Waals surface area contributed by atoms with Gasteiger partial charge in [0.2, 0.25) is 0 Å². The molecule has 23 heavy (non-hydrogen) atoms. The molecule has 1 atom stereocenters. The Kier molecular flexibility index (Phi) is 4.15. The summed E-state index contributed by atoms with van der Waals surface area (Å²) < 4.78 is 0. The average Bonchev–Trinajstić information content (AvgIpc) is 2.94. The second kappa shape index (κ2) is 6.15. The van der Waals surface area contributed by atoms with Gasteiger partial charge in [0.15, 0.2) is 0 Å². The van der Waals surface area contributed by atoms with Crippen LogP contribution in [0.2, 0.25) is 0 Å². The molecule has 4 aliphatic rings. The van der Waals surface area contributed by atoms with E-state index in [4.69, 9.17) is 0 Å². The van der Waals surface area contributed by atoms with Crippen molar-refractivity contribution < 1.29 is 4.79 Å². The lowest BCUT2D eigenvalue weighted by Gasteiger charge is -2.50. The molecule has 0 unspecified atom stereocenters. The molecule has 0 aliphatic carbocycles. The zero-order valence-electron chi connectivity index (χ0n) is 14.1. The second-order valence-corrected chi connectivity index (χ2v) is 8.58. The summed E-state index contributed by atoms with van der Waals surface area (Å²) >= 11 is 1.62. The Labute approximate surface area is 142 Å². The van der Waals surface area contributed by atoms with Crippen LogP contribution in [0.5, 0.6) is 0 Å². The summed E-state index contributed by atoms with van der Waals surface area (Å²) in [6.07, 6.45) is 2.72. The van der Waals surface area contributed by atoms with Gasteiger partial charge in [-0.2, -0.15) is 0 Å². The highest BCUT2D eigenvalue weighted by Crippen LogP contribution is 2.31. The molecule has 0 saturated carbocycles. The number of piperidine rings is 3. The van der Waals surface area contributed by atoms with Gasteiger partial charge in [-0.3, -0.25) is 9.69 Å².